The van der Waals surface area contributed by atoms with Crippen LogP contribution < -0.4 is 51.4 Å². The molecule has 0 aromatic rings. The summed E-state index contributed by atoms with van der Waals surface area (Å²) < 4.78 is 0. The zero-order valence-electron chi connectivity index (χ0n) is 8.41. The standard InChI is InChI=1S/4C2H5.Al.K/c4*1-2;;/h4*1H2,2H3;;/q;;;;-1;+1. The van der Waals surface area contributed by atoms with Gasteiger partial charge in [-0.05, 0) is 0 Å². The fourth-order valence-electron chi connectivity index (χ4n) is 1.73. The van der Waals surface area contributed by atoms with E-state index >= 15 is 0 Å². The van der Waals surface area contributed by atoms with Crippen LogP contribution in [-0.4, -0.2) is 13.1 Å². The summed E-state index contributed by atoms with van der Waals surface area (Å²) >= 11 is -0.963. The smallest absolute Gasteiger partial charge is 0.194 e. The van der Waals surface area contributed by atoms with Gasteiger partial charge in [-0.15, -0.1) is 27.7 Å². The van der Waals surface area contributed by atoms with Gasteiger partial charge in [-0.25, -0.2) is 0 Å². The Labute approximate surface area is 111 Å². The molecule has 10 heavy (non-hydrogen) atoms. The minimum Gasteiger partial charge on any atom is -0.194 e. The topological polar surface area (TPSA) is 0 Å². The van der Waals surface area contributed by atoms with Gasteiger partial charge in [-0.3, -0.25) is 0 Å². The van der Waals surface area contributed by atoms with Crippen LogP contribution in [0.2, 0.25) is 21.1 Å². The van der Waals surface area contributed by atoms with E-state index in [1.807, 2.05) is 0 Å². The average Bonchev–Trinajstić information content (AvgIpc) is 1.95. The quantitative estimate of drug-likeness (QED) is 0.556. The molecule has 0 bridgehead atoms. The van der Waals surface area contributed by atoms with Crippen molar-refractivity contribution in [3.8, 4) is 0 Å². The molecule has 0 radical (unpaired) electrons. The first-order valence-corrected chi connectivity index (χ1v) is 7.73. The minimum atomic E-state index is -0.963. The zero-order valence-corrected chi connectivity index (χ0v) is 12.7. The van der Waals surface area contributed by atoms with E-state index in [9.17, 15) is 0 Å². The van der Waals surface area contributed by atoms with Crippen molar-refractivity contribution < 1.29 is 51.4 Å². The number of hydrogen-bond donors (Lipinski definition) is 0. The number of rotatable bonds is 4. The van der Waals surface area contributed by atoms with Crippen LogP contribution in [0, 0.1) is 0 Å². The van der Waals surface area contributed by atoms with Crippen LogP contribution in [0.25, 0.3) is 0 Å². The van der Waals surface area contributed by atoms with Gasteiger partial charge in [0.05, 0.1) is 0 Å². The van der Waals surface area contributed by atoms with Crippen molar-refractivity contribution in [3.63, 3.8) is 0 Å². The molecule has 0 atom stereocenters. The van der Waals surface area contributed by atoms with Crippen molar-refractivity contribution in [2.24, 2.45) is 0 Å². The Hall–Kier alpha value is 2.17. The second-order valence-corrected chi connectivity index (χ2v) is 10.1. The van der Waals surface area contributed by atoms with Crippen LogP contribution in [0.3, 0.4) is 0 Å². The van der Waals surface area contributed by atoms with Gasteiger partial charge in [0, 0.05) is 0 Å². The summed E-state index contributed by atoms with van der Waals surface area (Å²) in [7, 11) is 0. The second kappa shape index (κ2) is 7.80. The molecule has 0 spiro atoms. The third-order valence-electron chi connectivity index (χ3n) is 3.46. The van der Waals surface area contributed by atoms with E-state index in [0.29, 0.717) is 0 Å². The SMILES string of the molecule is C[CH2][Al-]([CH2]C)([CH2]C)[CH2]C.[K+]. The molecule has 0 amide bonds. The fraction of sp³-hybridized carbons (Fsp3) is 1.00. The van der Waals surface area contributed by atoms with Crippen molar-refractivity contribution in [2.45, 2.75) is 48.8 Å². The molecule has 0 nitrogen and oxygen atoms in total. The molecule has 0 N–H and O–H groups in total. The van der Waals surface area contributed by atoms with Crippen molar-refractivity contribution in [2.75, 3.05) is 0 Å². The molecule has 0 fully saturated rings. The Bertz CT molecular complexity index is 52.1. The van der Waals surface area contributed by atoms with Crippen LogP contribution in [-0.2, 0) is 0 Å². The van der Waals surface area contributed by atoms with Gasteiger partial charge >= 0.3 is 51.4 Å². The molecule has 0 aromatic heterocycles. The summed E-state index contributed by atoms with van der Waals surface area (Å²) in [5.41, 5.74) is 0. The third-order valence-corrected chi connectivity index (χ3v) is 10.4. The van der Waals surface area contributed by atoms with Crippen LogP contribution in [0.4, 0.5) is 0 Å². The van der Waals surface area contributed by atoms with Gasteiger partial charge < -0.3 is 0 Å². The van der Waals surface area contributed by atoms with Gasteiger partial charge in [0.25, 0.3) is 0 Å². The first kappa shape index (κ1) is 14.7. The molecule has 0 saturated heterocycles. The zero-order chi connectivity index (χ0) is 7.33. The summed E-state index contributed by atoms with van der Waals surface area (Å²) in [5.74, 6) is 0. The predicted octanol–water partition coefficient (Wildman–Crippen LogP) is 0.519. The Morgan fingerprint density at radius 2 is 0.900 bits per heavy atom. The van der Waals surface area contributed by atoms with Crippen LogP contribution in [0.1, 0.15) is 27.7 Å². The van der Waals surface area contributed by atoms with E-state index in [4.69, 9.17) is 0 Å². The molecule has 2 heteroatoms. The number of hydrogen-bond acceptors (Lipinski definition) is 0. The van der Waals surface area contributed by atoms with Crippen LogP contribution in [0.15, 0.2) is 0 Å². The molecule has 56 valence electrons. The summed E-state index contributed by atoms with van der Waals surface area (Å²) in [6.45, 7) is 9.50. The maximum atomic E-state index is 2.38. The average molecular weight is 182 g/mol. The molecule has 0 rings (SSSR count). The molecule has 0 unspecified atom stereocenters. The molecule has 0 saturated carbocycles. The van der Waals surface area contributed by atoms with Gasteiger partial charge in [-0.2, -0.15) is 21.1 Å². The van der Waals surface area contributed by atoms with E-state index in [2.05, 4.69) is 27.7 Å². The van der Waals surface area contributed by atoms with Gasteiger partial charge in [0.15, 0.2) is 0 Å². The monoisotopic (exact) mass is 182 g/mol. The van der Waals surface area contributed by atoms with Crippen molar-refractivity contribution >= 4 is 13.1 Å². The largest absolute Gasteiger partial charge is 1.00 e. The van der Waals surface area contributed by atoms with E-state index in [0.717, 1.165) is 0 Å². The first-order chi connectivity index (χ1) is 4.24. The van der Waals surface area contributed by atoms with E-state index < -0.39 is 13.1 Å². The molecule has 0 aliphatic carbocycles. The Balaban J connectivity index is 0. The van der Waals surface area contributed by atoms with Crippen molar-refractivity contribution in [1.29, 1.82) is 0 Å². The molecular weight excluding hydrogens is 162 g/mol. The van der Waals surface area contributed by atoms with Crippen LogP contribution >= 0.6 is 0 Å². The first-order valence-electron chi connectivity index (χ1n) is 4.46. The Kier molecular flexibility index (Phi) is 11.4. The maximum Gasteiger partial charge on any atom is 1.00 e. The molecule has 0 aliphatic rings. The minimum absolute atomic E-state index is 0. The van der Waals surface area contributed by atoms with Gasteiger partial charge in [0.2, 0.25) is 0 Å². The summed E-state index contributed by atoms with van der Waals surface area (Å²) in [6.07, 6.45) is 0. The Morgan fingerprint density at radius 3 is 0.900 bits per heavy atom. The summed E-state index contributed by atoms with van der Waals surface area (Å²) in [6, 6.07) is 0. The maximum absolute atomic E-state index is 2.38. The van der Waals surface area contributed by atoms with E-state index in [-0.39, 0.29) is 51.4 Å². The summed E-state index contributed by atoms with van der Waals surface area (Å²) in [5, 5.41) is 6.04. The van der Waals surface area contributed by atoms with Crippen molar-refractivity contribution in [1.82, 2.24) is 0 Å². The molecule has 0 aromatic carbocycles. The van der Waals surface area contributed by atoms with Gasteiger partial charge in [0.1, 0.15) is 13.1 Å². The summed E-state index contributed by atoms with van der Waals surface area (Å²) in [4.78, 5) is 0. The van der Waals surface area contributed by atoms with E-state index in [1.54, 1.807) is 0 Å². The van der Waals surface area contributed by atoms with E-state index in [1.165, 1.54) is 21.1 Å². The molecule has 0 heterocycles. The second-order valence-electron chi connectivity index (χ2n) is 3.37. The van der Waals surface area contributed by atoms with Crippen LogP contribution in [0.5, 0.6) is 0 Å². The molecular formula is C8H20AlK. The van der Waals surface area contributed by atoms with Gasteiger partial charge in [-0.1, -0.05) is 0 Å². The predicted molar refractivity (Wildman–Crippen MR) is 47.7 cm³/mol. The molecule has 0 aliphatic heterocycles. The third kappa shape index (κ3) is 4.26. The van der Waals surface area contributed by atoms with Crippen molar-refractivity contribution in [3.05, 3.63) is 0 Å². The fourth-order valence-corrected chi connectivity index (χ4v) is 5.20. The normalized spacial score (nSPS) is 10.8. The Morgan fingerprint density at radius 1 is 0.700 bits per heavy atom.